The largest absolute Gasteiger partial charge is 0.381 e. The standard InChI is InChI=1S/C27H32N4O6/c1-28-23(34)27(30(24(28)35)13-19-14-37-15-19)16-26(17-27)9-7-20(8-10-26)31-22(33)11-21(32)29(25(31)36)12-18-5-3-2-4-6-18/h2-6,19-20H,7-17H2,1H3. The van der Waals surface area contributed by atoms with Gasteiger partial charge >= 0.3 is 12.1 Å². The minimum Gasteiger partial charge on any atom is -0.381 e. The molecule has 1 aromatic carbocycles. The second kappa shape index (κ2) is 8.65. The summed E-state index contributed by atoms with van der Waals surface area (Å²) in [4.78, 5) is 70.2. The molecule has 2 saturated carbocycles. The van der Waals surface area contributed by atoms with E-state index in [4.69, 9.17) is 4.74 Å². The van der Waals surface area contributed by atoms with Crippen molar-refractivity contribution in [2.24, 2.45) is 11.3 Å². The number of carbonyl (C=O) groups is 5. The molecule has 3 aliphatic heterocycles. The zero-order valence-electron chi connectivity index (χ0n) is 21.1. The quantitative estimate of drug-likeness (QED) is 0.447. The summed E-state index contributed by atoms with van der Waals surface area (Å²) in [5.74, 6) is -0.752. The Kier molecular flexibility index (Phi) is 5.63. The maximum atomic E-state index is 13.3. The number of imide groups is 3. The topological polar surface area (TPSA) is 108 Å². The van der Waals surface area contributed by atoms with Crippen LogP contribution in [0.4, 0.5) is 9.59 Å². The maximum Gasteiger partial charge on any atom is 0.333 e. The zero-order chi connectivity index (χ0) is 25.9. The van der Waals surface area contributed by atoms with Crippen molar-refractivity contribution < 1.29 is 28.7 Å². The van der Waals surface area contributed by atoms with Crippen LogP contribution in [-0.4, -0.2) is 87.8 Å². The summed E-state index contributed by atoms with van der Waals surface area (Å²) >= 11 is 0. The van der Waals surface area contributed by atoms with Crippen LogP contribution in [0, 0.1) is 11.3 Å². The van der Waals surface area contributed by atoms with Crippen molar-refractivity contribution in [2.45, 2.75) is 63.1 Å². The van der Waals surface area contributed by atoms with E-state index in [1.54, 1.807) is 11.9 Å². The Bertz CT molecular complexity index is 1150. The number of amides is 7. The molecule has 0 bridgehead atoms. The number of urea groups is 2. The monoisotopic (exact) mass is 508 g/mol. The first-order chi connectivity index (χ1) is 17.7. The number of carbonyl (C=O) groups excluding carboxylic acids is 5. The first-order valence-corrected chi connectivity index (χ1v) is 13.1. The Morgan fingerprint density at radius 1 is 0.919 bits per heavy atom. The molecule has 10 nitrogen and oxygen atoms in total. The molecule has 0 N–H and O–H groups in total. The van der Waals surface area contributed by atoms with Gasteiger partial charge in [0.05, 0.1) is 19.8 Å². The molecule has 10 heteroatoms. The average molecular weight is 509 g/mol. The van der Waals surface area contributed by atoms with Crippen molar-refractivity contribution in [2.75, 3.05) is 26.8 Å². The van der Waals surface area contributed by atoms with Crippen LogP contribution < -0.4 is 0 Å². The summed E-state index contributed by atoms with van der Waals surface area (Å²) in [5.41, 5.74) is -0.0169. The first kappa shape index (κ1) is 24.1. The lowest BCUT2D eigenvalue weighted by Gasteiger charge is -2.59. The average Bonchev–Trinajstić information content (AvgIpc) is 3.01. The second-order valence-corrected chi connectivity index (χ2v) is 11.5. The Morgan fingerprint density at radius 3 is 2.22 bits per heavy atom. The molecule has 7 amide bonds. The van der Waals surface area contributed by atoms with Gasteiger partial charge in [-0.1, -0.05) is 30.3 Å². The minimum absolute atomic E-state index is 0.0760. The van der Waals surface area contributed by atoms with E-state index in [-0.39, 0.29) is 42.3 Å². The molecule has 0 atom stereocenters. The number of likely N-dealkylation sites (N-methyl/N-ethyl adjacent to an activating group) is 1. The van der Waals surface area contributed by atoms with Gasteiger partial charge in [-0.2, -0.15) is 0 Å². The van der Waals surface area contributed by atoms with Crippen molar-refractivity contribution >= 4 is 29.8 Å². The second-order valence-electron chi connectivity index (χ2n) is 11.5. The molecule has 5 aliphatic rings. The van der Waals surface area contributed by atoms with Gasteiger partial charge in [0.2, 0.25) is 11.8 Å². The Balaban J connectivity index is 1.12. The molecule has 1 aromatic rings. The van der Waals surface area contributed by atoms with Gasteiger partial charge in [0.15, 0.2) is 0 Å². The molecule has 0 radical (unpaired) electrons. The third kappa shape index (κ3) is 3.75. The van der Waals surface area contributed by atoms with Crippen LogP contribution in [0.3, 0.4) is 0 Å². The van der Waals surface area contributed by atoms with Gasteiger partial charge < -0.3 is 9.64 Å². The van der Waals surface area contributed by atoms with Crippen molar-refractivity contribution in [3.05, 3.63) is 35.9 Å². The van der Waals surface area contributed by atoms with Crippen molar-refractivity contribution in [3.63, 3.8) is 0 Å². The predicted molar refractivity (Wildman–Crippen MR) is 130 cm³/mol. The van der Waals surface area contributed by atoms with Crippen LogP contribution in [0.2, 0.25) is 0 Å². The SMILES string of the molecule is CN1C(=O)N(CC2COC2)C2(CC3(CCC(N4C(=O)CC(=O)N(Cc5ccccc5)C4=O)CC3)C2)C1=O. The number of benzene rings is 1. The van der Waals surface area contributed by atoms with Gasteiger partial charge in [0.25, 0.3) is 5.91 Å². The van der Waals surface area contributed by atoms with Gasteiger partial charge in [0.1, 0.15) is 12.0 Å². The van der Waals surface area contributed by atoms with E-state index in [1.165, 1.54) is 14.7 Å². The number of barbiturate groups is 1. The summed E-state index contributed by atoms with van der Waals surface area (Å²) in [7, 11) is 1.56. The Morgan fingerprint density at radius 2 is 1.59 bits per heavy atom. The van der Waals surface area contributed by atoms with Gasteiger partial charge in [0, 0.05) is 25.6 Å². The Hall–Kier alpha value is -3.27. The van der Waals surface area contributed by atoms with Gasteiger partial charge in [-0.05, 0) is 49.5 Å². The van der Waals surface area contributed by atoms with E-state index in [1.807, 2.05) is 30.3 Å². The summed E-state index contributed by atoms with van der Waals surface area (Å²) in [6.07, 6.45) is 3.76. The fraction of sp³-hybridized carbons (Fsp3) is 0.593. The van der Waals surface area contributed by atoms with Crippen molar-refractivity contribution in [1.29, 1.82) is 0 Å². The number of ether oxygens (including phenoxy) is 1. The van der Waals surface area contributed by atoms with Gasteiger partial charge in [-0.15, -0.1) is 0 Å². The lowest BCUT2D eigenvalue weighted by molar-refractivity contribution is -0.154. The fourth-order valence-electron chi connectivity index (χ4n) is 7.07. The molecule has 196 valence electrons. The van der Waals surface area contributed by atoms with E-state index in [0.29, 0.717) is 45.4 Å². The molecular formula is C27H32N4O6. The van der Waals surface area contributed by atoms with Crippen LogP contribution >= 0.6 is 0 Å². The highest BCUT2D eigenvalue weighted by atomic mass is 16.5. The summed E-state index contributed by atoms with van der Waals surface area (Å²) in [6.45, 7) is 1.92. The van der Waals surface area contributed by atoms with E-state index >= 15 is 0 Å². The normalized spacial score (nSPS) is 32.6. The fourth-order valence-corrected chi connectivity index (χ4v) is 7.07. The molecule has 3 heterocycles. The third-order valence-corrected chi connectivity index (χ3v) is 9.09. The predicted octanol–water partition coefficient (Wildman–Crippen LogP) is 2.37. The van der Waals surface area contributed by atoms with E-state index in [0.717, 1.165) is 18.4 Å². The third-order valence-electron chi connectivity index (χ3n) is 9.09. The first-order valence-electron chi connectivity index (χ1n) is 13.1. The number of rotatable bonds is 5. The number of hydrogen-bond acceptors (Lipinski definition) is 6. The van der Waals surface area contributed by atoms with Crippen LogP contribution in [0.25, 0.3) is 0 Å². The van der Waals surface area contributed by atoms with Crippen molar-refractivity contribution in [1.82, 2.24) is 19.6 Å². The minimum atomic E-state index is -0.774. The summed E-state index contributed by atoms with van der Waals surface area (Å²) in [5, 5.41) is 0. The Labute approximate surface area is 215 Å². The van der Waals surface area contributed by atoms with Crippen LogP contribution in [-0.2, 0) is 25.7 Å². The number of nitrogens with zero attached hydrogens (tertiary/aromatic N) is 4. The summed E-state index contributed by atoms with van der Waals surface area (Å²) in [6, 6.07) is 8.25. The van der Waals surface area contributed by atoms with Crippen LogP contribution in [0.15, 0.2) is 30.3 Å². The maximum absolute atomic E-state index is 13.3. The van der Waals surface area contributed by atoms with Crippen LogP contribution in [0.1, 0.15) is 50.5 Å². The van der Waals surface area contributed by atoms with Gasteiger partial charge in [-0.25, -0.2) is 9.59 Å². The lowest BCUT2D eigenvalue weighted by Crippen LogP contribution is -2.66. The molecule has 5 fully saturated rings. The smallest absolute Gasteiger partial charge is 0.333 e. The number of hydrogen-bond donors (Lipinski definition) is 0. The molecule has 6 rings (SSSR count). The lowest BCUT2D eigenvalue weighted by atomic mass is 9.51. The highest BCUT2D eigenvalue weighted by Gasteiger charge is 2.68. The van der Waals surface area contributed by atoms with E-state index in [9.17, 15) is 24.0 Å². The highest BCUT2D eigenvalue weighted by molar-refractivity contribution is 6.14. The summed E-state index contributed by atoms with van der Waals surface area (Å²) < 4.78 is 5.28. The molecule has 0 unspecified atom stereocenters. The van der Waals surface area contributed by atoms with Crippen LogP contribution in [0.5, 0.6) is 0 Å². The molecule has 2 spiro atoms. The van der Waals surface area contributed by atoms with Crippen molar-refractivity contribution in [3.8, 4) is 0 Å². The molecule has 2 aliphatic carbocycles. The zero-order valence-corrected chi connectivity index (χ0v) is 21.1. The molecule has 3 saturated heterocycles. The molecule has 0 aromatic heterocycles. The highest BCUT2D eigenvalue weighted by Crippen LogP contribution is 2.61. The van der Waals surface area contributed by atoms with E-state index < -0.39 is 23.4 Å². The van der Waals surface area contributed by atoms with Gasteiger partial charge in [-0.3, -0.25) is 29.1 Å². The molecular weight excluding hydrogens is 476 g/mol. The molecule has 37 heavy (non-hydrogen) atoms. The van der Waals surface area contributed by atoms with E-state index in [2.05, 4.69) is 0 Å².